The minimum absolute atomic E-state index is 0.0153. The van der Waals surface area contributed by atoms with Gasteiger partial charge in [-0.2, -0.15) is 0 Å². The molecule has 4 nitrogen and oxygen atoms in total. The first-order valence-electron chi connectivity index (χ1n) is 6.86. The zero-order valence-electron chi connectivity index (χ0n) is 11.5. The van der Waals surface area contributed by atoms with Crippen LogP contribution in [0.1, 0.15) is 43.0 Å². The van der Waals surface area contributed by atoms with Crippen molar-refractivity contribution in [2.45, 2.75) is 49.6 Å². The quantitative estimate of drug-likeness (QED) is 0.839. The van der Waals surface area contributed by atoms with E-state index in [1.54, 1.807) is 31.2 Å². The van der Waals surface area contributed by atoms with Crippen molar-refractivity contribution in [1.29, 1.82) is 0 Å². The van der Waals surface area contributed by atoms with Gasteiger partial charge in [0.25, 0.3) is 5.91 Å². The minimum atomic E-state index is -0.970. The summed E-state index contributed by atoms with van der Waals surface area (Å²) in [4.78, 5) is 26.1. The molecule has 1 aliphatic carbocycles. The molecule has 1 atom stereocenters. The second-order valence-electron chi connectivity index (χ2n) is 5.18. The van der Waals surface area contributed by atoms with Crippen molar-refractivity contribution in [3.05, 3.63) is 29.8 Å². The van der Waals surface area contributed by atoms with Gasteiger partial charge in [0.2, 0.25) is 0 Å². The Morgan fingerprint density at radius 2 is 1.90 bits per heavy atom. The van der Waals surface area contributed by atoms with Gasteiger partial charge in [-0.15, -0.1) is 12.6 Å². The summed E-state index contributed by atoms with van der Waals surface area (Å²) in [6.07, 6.45) is 3.84. The maximum atomic E-state index is 12.7. The molecule has 0 aliphatic heterocycles. The predicted octanol–water partition coefficient (Wildman–Crippen LogP) is 2.83. The van der Waals surface area contributed by atoms with E-state index in [9.17, 15) is 14.7 Å². The van der Waals surface area contributed by atoms with Gasteiger partial charge in [0.05, 0.1) is 5.56 Å². The first kappa shape index (κ1) is 14.9. The van der Waals surface area contributed by atoms with Gasteiger partial charge in [-0.1, -0.05) is 25.0 Å². The predicted molar refractivity (Wildman–Crippen MR) is 79.2 cm³/mol. The molecule has 0 bridgehead atoms. The van der Waals surface area contributed by atoms with Crippen molar-refractivity contribution in [3.63, 3.8) is 0 Å². The van der Waals surface area contributed by atoms with E-state index in [0.717, 1.165) is 25.7 Å². The summed E-state index contributed by atoms with van der Waals surface area (Å²) in [5.41, 5.74) is 0.468. The fraction of sp³-hybridized carbons (Fsp3) is 0.467. The van der Waals surface area contributed by atoms with E-state index >= 15 is 0 Å². The molecule has 0 radical (unpaired) electrons. The average molecular weight is 293 g/mol. The second kappa shape index (κ2) is 6.31. The number of rotatable bonds is 4. The molecule has 1 unspecified atom stereocenters. The monoisotopic (exact) mass is 293 g/mol. The molecule has 1 aromatic carbocycles. The third-order valence-electron chi connectivity index (χ3n) is 3.86. The van der Waals surface area contributed by atoms with Gasteiger partial charge in [-0.3, -0.25) is 4.79 Å². The highest BCUT2D eigenvalue weighted by Gasteiger charge is 2.34. The largest absolute Gasteiger partial charge is 0.480 e. The molecular formula is C15H19NO3S. The first-order valence-corrected chi connectivity index (χ1v) is 7.30. The van der Waals surface area contributed by atoms with E-state index in [1.165, 1.54) is 4.90 Å². The average Bonchev–Trinajstić information content (AvgIpc) is 2.93. The van der Waals surface area contributed by atoms with Crippen LogP contribution in [0.4, 0.5) is 0 Å². The molecule has 2 rings (SSSR count). The van der Waals surface area contributed by atoms with E-state index < -0.39 is 12.0 Å². The lowest BCUT2D eigenvalue weighted by atomic mass is 10.1. The Hall–Kier alpha value is -1.49. The molecule has 20 heavy (non-hydrogen) atoms. The van der Waals surface area contributed by atoms with Crippen LogP contribution in [0.25, 0.3) is 0 Å². The summed E-state index contributed by atoms with van der Waals surface area (Å²) in [5.74, 6) is -1.21. The van der Waals surface area contributed by atoms with E-state index in [0.29, 0.717) is 10.5 Å². The Morgan fingerprint density at radius 3 is 2.45 bits per heavy atom. The normalized spacial score (nSPS) is 16.9. The molecule has 1 amide bonds. The second-order valence-corrected chi connectivity index (χ2v) is 5.66. The lowest BCUT2D eigenvalue weighted by Gasteiger charge is -2.32. The van der Waals surface area contributed by atoms with Crippen LogP contribution in [0.15, 0.2) is 29.2 Å². The molecule has 5 heteroatoms. The van der Waals surface area contributed by atoms with E-state index in [-0.39, 0.29) is 11.9 Å². The molecule has 1 aliphatic rings. The van der Waals surface area contributed by atoms with Gasteiger partial charge in [-0.05, 0) is 31.9 Å². The number of nitrogens with zero attached hydrogens (tertiary/aromatic N) is 1. The molecule has 0 heterocycles. The van der Waals surface area contributed by atoms with Gasteiger partial charge < -0.3 is 10.0 Å². The highest BCUT2D eigenvalue weighted by atomic mass is 32.1. The smallest absolute Gasteiger partial charge is 0.326 e. The number of thiol groups is 1. The van der Waals surface area contributed by atoms with Crippen LogP contribution in [0.5, 0.6) is 0 Å². The number of benzene rings is 1. The molecule has 1 fully saturated rings. The Labute approximate surface area is 124 Å². The van der Waals surface area contributed by atoms with Crippen molar-refractivity contribution in [3.8, 4) is 0 Å². The maximum Gasteiger partial charge on any atom is 0.326 e. The maximum absolute atomic E-state index is 12.7. The van der Waals surface area contributed by atoms with Crippen LogP contribution in [0.2, 0.25) is 0 Å². The molecule has 1 aromatic rings. The highest BCUT2D eigenvalue weighted by molar-refractivity contribution is 7.80. The lowest BCUT2D eigenvalue weighted by molar-refractivity contribution is -0.142. The third kappa shape index (κ3) is 2.98. The zero-order valence-corrected chi connectivity index (χ0v) is 12.3. The molecular weight excluding hydrogens is 274 g/mol. The molecule has 0 spiro atoms. The van der Waals surface area contributed by atoms with Crippen molar-refractivity contribution in [2.24, 2.45) is 0 Å². The Bertz CT molecular complexity index is 512. The Balaban J connectivity index is 2.33. The summed E-state index contributed by atoms with van der Waals surface area (Å²) in [6.45, 7) is 1.57. The van der Waals surface area contributed by atoms with Crippen molar-refractivity contribution in [1.82, 2.24) is 4.90 Å². The van der Waals surface area contributed by atoms with Gasteiger partial charge in [0, 0.05) is 10.9 Å². The fourth-order valence-electron chi connectivity index (χ4n) is 2.75. The summed E-state index contributed by atoms with van der Waals surface area (Å²) in [6, 6.07) is 6.21. The van der Waals surface area contributed by atoms with Crippen molar-refractivity contribution < 1.29 is 14.7 Å². The molecule has 1 N–H and O–H groups in total. The molecule has 1 saturated carbocycles. The summed E-state index contributed by atoms with van der Waals surface area (Å²) in [5, 5.41) is 9.26. The van der Waals surface area contributed by atoms with Crippen LogP contribution in [-0.2, 0) is 4.79 Å². The Morgan fingerprint density at radius 1 is 1.30 bits per heavy atom. The minimum Gasteiger partial charge on any atom is -0.480 e. The SMILES string of the molecule is CC(C(=O)O)N(C(=O)c1ccccc1S)C1CCCC1. The van der Waals surface area contributed by atoms with Crippen LogP contribution in [0.3, 0.4) is 0 Å². The van der Waals surface area contributed by atoms with Crippen LogP contribution < -0.4 is 0 Å². The first-order chi connectivity index (χ1) is 9.52. The number of aliphatic carboxylic acids is 1. The number of hydrogen-bond acceptors (Lipinski definition) is 3. The van der Waals surface area contributed by atoms with E-state index in [4.69, 9.17) is 0 Å². The summed E-state index contributed by atoms with van der Waals surface area (Å²) < 4.78 is 0. The number of carboxylic acids is 1. The molecule has 0 aromatic heterocycles. The number of amides is 1. The third-order valence-corrected chi connectivity index (χ3v) is 4.25. The van der Waals surface area contributed by atoms with Crippen molar-refractivity contribution >= 4 is 24.5 Å². The number of carboxylic acid groups (broad SMARTS) is 1. The van der Waals surface area contributed by atoms with E-state index in [2.05, 4.69) is 12.6 Å². The standard InChI is InChI=1S/C15H19NO3S/c1-10(15(18)19)16(11-6-2-3-7-11)14(17)12-8-4-5-9-13(12)20/h4-5,8-11,20H,2-3,6-7H2,1H3,(H,18,19). The Kier molecular flexibility index (Phi) is 4.70. The summed E-state index contributed by atoms with van der Waals surface area (Å²) >= 11 is 4.30. The van der Waals surface area contributed by atoms with Crippen LogP contribution in [0, 0.1) is 0 Å². The van der Waals surface area contributed by atoms with E-state index in [1.807, 2.05) is 0 Å². The zero-order chi connectivity index (χ0) is 14.7. The molecule has 108 valence electrons. The van der Waals surface area contributed by atoms with Crippen LogP contribution in [-0.4, -0.2) is 34.0 Å². The van der Waals surface area contributed by atoms with Gasteiger partial charge in [0.1, 0.15) is 6.04 Å². The van der Waals surface area contributed by atoms with Gasteiger partial charge in [0.15, 0.2) is 0 Å². The topological polar surface area (TPSA) is 57.6 Å². The van der Waals surface area contributed by atoms with Gasteiger partial charge in [-0.25, -0.2) is 4.79 Å². The summed E-state index contributed by atoms with van der Waals surface area (Å²) in [7, 11) is 0. The van der Waals surface area contributed by atoms with Crippen LogP contribution >= 0.6 is 12.6 Å². The van der Waals surface area contributed by atoms with Gasteiger partial charge >= 0.3 is 5.97 Å². The van der Waals surface area contributed by atoms with Crippen molar-refractivity contribution in [2.75, 3.05) is 0 Å². The highest BCUT2D eigenvalue weighted by Crippen LogP contribution is 2.28. The number of carbonyl (C=O) groups is 2. The number of hydrogen-bond donors (Lipinski definition) is 2. The lowest BCUT2D eigenvalue weighted by Crippen LogP contribution is -2.48. The molecule has 0 saturated heterocycles. The number of carbonyl (C=O) groups excluding carboxylic acids is 1. The fourth-order valence-corrected chi connectivity index (χ4v) is 3.01.